The van der Waals surface area contributed by atoms with Crippen molar-refractivity contribution >= 4 is 11.6 Å². The molecule has 4 heteroatoms. The molecular weight excluding hydrogens is 241 g/mol. The molecule has 0 amide bonds. The lowest BCUT2D eigenvalue weighted by Gasteiger charge is -2.28. The van der Waals surface area contributed by atoms with Gasteiger partial charge in [-0.15, -0.1) is 0 Å². The molecule has 2 rings (SSSR count). The molecule has 0 saturated carbocycles. The van der Waals surface area contributed by atoms with Crippen LogP contribution >= 0.6 is 11.6 Å². The zero-order chi connectivity index (χ0) is 12.3. The van der Waals surface area contributed by atoms with E-state index in [0.29, 0.717) is 11.6 Å². The quantitative estimate of drug-likeness (QED) is 0.900. The van der Waals surface area contributed by atoms with Crippen LogP contribution in [0.4, 0.5) is 4.39 Å². The van der Waals surface area contributed by atoms with Gasteiger partial charge >= 0.3 is 0 Å². The van der Waals surface area contributed by atoms with E-state index in [0.717, 1.165) is 25.9 Å². The molecule has 1 unspecified atom stereocenters. The maximum atomic E-state index is 13.6. The van der Waals surface area contributed by atoms with Crippen molar-refractivity contribution in [1.29, 1.82) is 0 Å². The highest BCUT2D eigenvalue weighted by molar-refractivity contribution is 6.31. The summed E-state index contributed by atoms with van der Waals surface area (Å²) in [6, 6.07) is 4.49. The Morgan fingerprint density at radius 3 is 2.65 bits per heavy atom. The Kier molecular flexibility index (Phi) is 4.37. The van der Waals surface area contributed by atoms with E-state index in [-0.39, 0.29) is 5.56 Å². The molecule has 1 heterocycles. The van der Waals surface area contributed by atoms with Crippen molar-refractivity contribution in [3.05, 3.63) is 34.6 Å². The zero-order valence-electron chi connectivity index (χ0n) is 9.70. The summed E-state index contributed by atoms with van der Waals surface area (Å²) in [4.78, 5) is 2.16. The molecule has 1 atom stereocenters. The Hall–Kier alpha value is -0.640. The Morgan fingerprint density at radius 2 is 2.00 bits per heavy atom. The third kappa shape index (κ3) is 3.18. The molecule has 1 aromatic rings. The minimum absolute atomic E-state index is 0.222. The first-order valence-corrected chi connectivity index (χ1v) is 6.40. The minimum Gasteiger partial charge on any atom is -0.387 e. The number of halogens is 2. The minimum atomic E-state index is -0.846. The topological polar surface area (TPSA) is 23.5 Å². The number of hydrogen-bond donors (Lipinski definition) is 1. The van der Waals surface area contributed by atoms with Crippen LogP contribution in [0.3, 0.4) is 0 Å². The first kappa shape index (κ1) is 12.8. The van der Waals surface area contributed by atoms with E-state index in [1.807, 2.05) is 0 Å². The van der Waals surface area contributed by atoms with Crippen molar-refractivity contribution in [2.24, 2.45) is 0 Å². The van der Waals surface area contributed by atoms with Gasteiger partial charge in [0.25, 0.3) is 0 Å². The van der Waals surface area contributed by atoms with Gasteiger partial charge in [-0.25, -0.2) is 4.39 Å². The van der Waals surface area contributed by atoms with E-state index >= 15 is 0 Å². The van der Waals surface area contributed by atoms with E-state index in [4.69, 9.17) is 11.6 Å². The molecular formula is C13H17ClFNO. The Labute approximate surface area is 106 Å². The lowest BCUT2D eigenvalue weighted by atomic mass is 10.1. The molecule has 1 aliphatic rings. The van der Waals surface area contributed by atoms with Gasteiger partial charge in [0.2, 0.25) is 0 Å². The van der Waals surface area contributed by atoms with Crippen LogP contribution in [-0.4, -0.2) is 29.6 Å². The number of β-amino-alcohol motifs (C(OH)–C–C–N with tert-alkyl or cyclic N) is 1. The predicted molar refractivity (Wildman–Crippen MR) is 66.7 cm³/mol. The van der Waals surface area contributed by atoms with Gasteiger partial charge in [0.15, 0.2) is 0 Å². The fourth-order valence-electron chi connectivity index (χ4n) is 2.31. The highest BCUT2D eigenvalue weighted by atomic mass is 35.5. The van der Waals surface area contributed by atoms with Gasteiger partial charge < -0.3 is 10.0 Å². The number of benzene rings is 1. The summed E-state index contributed by atoms with van der Waals surface area (Å²) in [7, 11) is 0. The fraction of sp³-hybridized carbons (Fsp3) is 0.538. The summed E-state index contributed by atoms with van der Waals surface area (Å²) in [5.74, 6) is -0.429. The molecule has 0 spiro atoms. The lowest BCUT2D eigenvalue weighted by Crippen LogP contribution is -2.33. The van der Waals surface area contributed by atoms with Crippen molar-refractivity contribution in [3.63, 3.8) is 0 Å². The third-order valence-corrected chi connectivity index (χ3v) is 3.54. The van der Waals surface area contributed by atoms with Gasteiger partial charge in [-0.05, 0) is 38.1 Å². The highest BCUT2D eigenvalue weighted by Crippen LogP contribution is 2.27. The number of aliphatic hydroxyl groups excluding tert-OH is 1. The monoisotopic (exact) mass is 257 g/mol. The summed E-state index contributed by atoms with van der Waals surface area (Å²) in [6.45, 7) is 2.41. The first-order chi connectivity index (χ1) is 8.18. The maximum absolute atomic E-state index is 13.6. The molecule has 0 bridgehead atoms. The molecule has 94 valence electrons. The van der Waals surface area contributed by atoms with Gasteiger partial charge in [0.1, 0.15) is 5.82 Å². The van der Waals surface area contributed by atoms with Crippen molar-refractivity contribution in [2.75, 3.05) is 19.6 Å². The van der Waals surface area contributed by atoms with E-state index in [1.165, 1.54) is 12.5 Å². The van der Waals surface area contributed by atoms with Gasteiger partial charge in [0, 0.05) is 17.1 Å². The van der Waals surface area contributed by atoms with E-state index in [9.17, 15) is 9.50 Å². The van der Waals surface area contributed by atoms with Crippen LogP contribution in [0, 0.1) is 5.82 Å². The molecule has 1 aromatic carbocycles. The molecule has 2 nitrogen and oxygen atoms in total. The normalized spacial score (nSPS) is 19.2. The first-order valence-electron chi connectivity index (χ1n) is 6.03. The number of hydrogen-bond acceptors (Lipinski definition) is 2. The van der Waals surface area contributed by atoms with Crippen molar-refractivity contribution in [1.82, 2.24) is 4.90 Å². The summed E-state index contributed by atoms with van der Waals surface area (Å²) >= 11 is 5.92. The average molecular weight is 258 g/mol. The molecule has 1 aliphatic heterocycles. The lowest BCUT2D eigenvalue weighted by molar-refractivity contribution is 0.0988. The van der Waals surface area contributed by atoms with Crippen molar-refractivity contribution < 1.29 is 9.50 Å². The SMILES string of the molecule is OC(CN1CCCCC1)c1c(F)cccc1Cl. The van der Waals surface area contributed by atoms with Crippen LogP contribution < -0.4 is 0 Å². The largest absolute Gasteiger partial charge is 0.387 e. The zero-order valence-corrected chi connectivity index (χ0v) is 10.5. The number of likely N-dealkylation sites (tertiary alicyclic amines) is 1. The number of nitrogens with zero attached hydrogens (tertiary/aromatic N) is 1. The number of aliphatic hydroxyl groups is 1. The van der Waals surface area contributed by atoms with Crippen LogP contribution in [0.5, 0.6) is 0 Å². The van der Waals surface area contributed by atoms with Crippen LogP contribution in [-0.2, 0) is 0 Å². The summed E-state index contributed by atoms with van der Waals surface area (Å²) < 4.78 is 13.6. The number of piperidine rings is 1. The smallest absolute Gasteiger partial charge is 0.130 e. The Balaban J connectivity index is 2.05. The second-order valence-electron chi connectivity index (χ2n) is 4.51. The van der Waals surface area contributed by atoms with Crippen LogP contribution in [0.25, 0.3) is 0 Å². The molecule has 0 radical (unpaired) electrons. The van der Waals surface area contributed by atoms with Crippen molar-refractivity contribution in [2.45, 2.75) is 25.4 Å². The van der Waals surface area contributed by atoms with Gasteiger partial charge in [-0.3, -0.25) is 0 Å². The van der Waals surface area contributed by atoms with Gasteiger partial charge in [-0.1, -0.05) is 24.1 Å². The molecule has 1 saturated heterocycles. The van der Waals surface area contributed by atoms with Crippen LogP contribution in [0.2, 0.25) is 5.02 Å². The molecule has 0 aromatic heterocycles. The average Bonchev–Trinajstić information content (AvgIpc) is 2.30. The molecule has 0 aliphatic carbocycles. The Bertz CT molecular complexity index is 359. The van der Waals surface area contributed by atoms with Gasteiger partial charge in [0.05, 0.1) is 6.10 Å². The fourth-order valence-corrected chi connectivity index (χ4v) is 2.60. The second-order valence-corrected chi connectivity index (χ2v) is 4.92. The second kappa shape index (κ2) is 5.80. The predicted octanol–water partition coefficient (Wildman–Crippen LogP) is 3.00. The maximum Gasteiger partial charge on any atom is 0.130 e. The van der Waals surface area contributed by atoms with E-state index in [1.54, 1.807) is 12.1 Å². The number of rotatable bonds is 3. The Morgan fingerprint density at radius 1 is 1.29 bits per heavy atom. The summed E-state index contributed by atoms with van der Waals surface area (Å²) in [6.07, 6.45) is 2.70. The summed E-state index contributed by atoms with van der Waals surface area (Å²) in [5, 5.41) is 10.4. The molecule has 1 fully saturated rings. The molecule has 17 heavy (non-hydrogen) atoms. The van der Waals surface area contributed by atoms with Crippen molar-refractivity contribution in [3.8, 4) is 0 Å². The highest BCUT2D eigenvalue weighted by Gasteiger charge is 2.20. The molecule has 1 N–H and O–H groups in total. The standard InChI is InChI=1S/C13H17ClFNO/c14-10-5-4-6-11(15)13(10)12(17)9-16-7-2-1-3-8-16/h4-6,12,17H,1-3,7-9H2. The van der Waals surface area contributed by atoms with E-state index in [2.05, 4.69) is 4.90 Å². The van der Waals surface area contributed by atoms with Gasteiger partial charge in [-0.2, -0.15) is 0 Å². The van der Waals surface area contributed by atoms with E-state index < -0.39 is 11.9 Å². The van der Waals surface area contributed by atoms with Crippen LogP contribution in [0.15, 0.2) is 18.2 Å². The summed E-state index contributed by atoms with van der Waals surface area (Å²) in [5.41, 5.74) is 0.222. The van der Waals surface area contributed by atoms with Crippen LogP contribution in [0.1, 0.15) is 30.9 Å². The third-order valence-electron chi connectivity index (χ3n) is 3.21.